The molecule has 1 N–H and O–H groups in total. The zero-order valence-corrected chi connectivity index (χ0v) is 11.0. The molecule has 0 bridgehead atoms. The van der Waals surface area contributed by atoms with Crippen LogP contribution >= 0.6 is 0 Å². The minimum atomic E-state index is 0.552. The smallest absolute Gasteiger partial charge is 0.105 e. The Morgan fingerprint density at radius 3 is 2.88 bits per heavy atom. The van der Waals surface area contributed by atoms with Gasteiger partial charge in [0.25, 0.3) is 0 Å². The van der Waals surface area contributed by atoms with Gasteiger partial charge in [-0.3, -0.25) is 0 Å². The van der Waals surface area contributed by atoms with Crippen molar-refractivity contribution in [1.29, 1.82) is 0 Å². The fourth-order valence-corrected chi connectivity index (χ4v) is 2.53. The van der Waals surface area contributed by atoms with Crippen LogP contribution in [0.3, 0.4) is 0 Å². The molecule has 0 saturated carbocycles. The Labute approximate surface area is 104 Å². The Balaban J connectivity index is 1.76. The summed E-state index contributed by atoms with van der Waals surface area (Å²) in [4.78, 5) is 2.47. The maximum absolute atomic E-state index is 5.41. The Kier molecular flexibility index (Phi) is 4.63. The number of piperidine rings is 1. The summed E-state index contributed by atoms with van der Waals surface area (Å²) in [7, 11) is 2.23. The first kappa shape index (κ1) is 12.7. The van der Waals surface area contributed by atoms with Crippen LogP contribution in [-0.4, -0.2) is 37.6 Å². The van der Waals surface area contributed by atoms with E-state index >= 15 is 0 Å². The SMILES string of the molecule is CC(Cc1ccco1)N(C)CC1CCNCC1. The molecule has 1 aromatic heterocycles. The molecule has 1 saturated heterocycles. The number of hydrogen-bond acceptors (Lipinski definition) is 3. The quantitative estimate of drug-likeness (QED) is 0.849. The monoisotopic (exact) mass is 236 g/mol. The van der Waals surface area contributed by atoms with Gasteiger partial charge in [-0.25, -0.2) is 0 Å². The third kappa shape index (κ3) is 3.86. The van der Waals surface area contributed by atoms with E-state index in [9.17, 15) is 0 Å². The topological polar surface area (TPSA) is 28.4 Å². The first-order valence-electron chi connectivity index (χ1n) is 6.69. The second-order valence-electron chi connectivity index (χ2n) is 5.27. The molecule has 0 spiro atoms. The first-order valence-corrected chi connectivity index (χ1v) is 6.69. The standard InChI is InChI=1S/C14H24N2O/c1-12(10-14-4-3-9-17-14)16(2)11-13-5-7-15-8-6-13/h3-4,9,12-13,15H,5-8,10-11H2,1-2H3. The zero-order valence-electron chi connectivity index (χ0n) is 11.0. The van der Waals surface area contributed by atoms with E-state index in [1.54, 1.807) is 6.26 Å². The highest BCUT2D eigenvalue weighted by Gasteiger charge is 2.18. The van der Waals surface area contributed by atoms with Crippen LogP contribution in [0, 0.1) is 5.92 Å². The van der Waals surface area contributed by atoms with Crippen molar-refractivity contribution in [3.05, 3.63) is 24.2 Å². The number of rotatable bonds is 5. The van der Waals surface area contributed by atoms with Crippen LogP contribution in [0.1, 0.15) is 25.5 Å². The maximum atomic E-state index is 5.41. The van der Waals surface area contributed by atoms with Crippen LogP contribution in [0.5, 0.6) is 0 Å². The maximum Gasteiger partial charge on any atom is 0.105 e. The number of nitrogens with one attached hydrogen (secondary N) is 1. The van der Waals surface area contributed by atoms with E-state index in [-0.39, 0.29) is 0 Å². The van der Waals surface area contributed by atoms with Crippen molar-refractivity contribution in [3.63, 3.8) is 0 Å². The zero-order chi connectivity index (χ0) is 12.1. The summed E-state index contributed by atoms with van der Waals surface area (Å²) in [6, 6.07) is 4.58. The van der Waals surface area contributed by atoms with Gasteiger partial charge in [0.1, 0.15) is 5.76 Å². The van der Waals surface area contributed by atoms with Gasteiger partial charge in [-0.2, -0.15) is 0 Å². The second-order valence-corrected chi connectivity index (χ2v) is 5.27. The Bertz CT molecular complexity index is 304. The number of hydrogen-bond donors (Lipinski definition) is 1. The van der Waals surface area contributed by atoms with Crippen LogP contribution in [0.2, 0.25) is 0 Å². The summed E-state index contributed by atoms with van der Waals surface area (Å²) in [5.41, 5.74) is 0. The minimum absolute atomic E-state index is 0.552. The molecule has 1 aromatic rings. The van der Waals surface area contributed by atoms with Crippen molar-refractivity contribution < 1.29 is 4.42 Å². The van der Waals surface area contributed by atoms with Crippen molar-refractivity contribution in [3.8, 4) is 0 Å². The third-order valence-corrected chi connectivity index (χ3v) is 3.83. The largest absolute Gasteiger partial charge is 0.469 e. The lowest BCUT2D eigenvalue weighted by molar-refractivity contribution is 0.190. The molecule has 2 rings (SSSR count). The fraction of sp³-hybridized carbons (Fsp3) is 0.714. The molecule has 1 unspecified atom stereocenters. The molecule has 1 atom stereocenters. The lowest BCUT2D eigenvalue weighted by Gasteiger charge is -2.31. The fourth-order valence-electron chi connectivity index (χ4n) is 2.53. The summed E-state index contributed by atoms with van der Waals surface area (Å²) >= 11 is 0. The van der Waals surface area contributed by atoms with Crippen LogP contribution < -0.4 is 5.32 Å². The summed E-state index contributed by atoms with van der Waals surface area (Å²) < 4.78 is 5.41. The normalized spacial score (nSPS) is 19.7. The van der Waals surface area contributed by atoms with Crippen LogP contribution in [0.4, 0.5) is 0 Å². The van der Waals surface area contributed by atoms with E-state index in [0.29, 0.717) is 6.04 Å². The second kappa shape index (κ2) is 6.22. The lowest BCUT2D eigenvalue weighted by Crippen LogP contribution is -2.38. The molecule has 3 heteroatoms. The van der Waals surface area contributed by atoms with Gasteiger partial charge in [0.15, 0.2) is 0 Å². The van der Waals surface area contributed by atoms with E-state index in [2.05, 4.69) is 30.3 Å². The minimum Gasteiger partial charge on any atom is -0.469 e. The average Bonchev–Trinajstić information content (AvgIpc) is 2.83. The average molecular weight is 236 g/mol. The predicted molar refractivity (Wildman–Crippen MR) is 70.1 cm³/mol. The van der Waals surface area contributed by atoms with Crippen molar-refractivity contribution >= 4 is 0 Å². The van der Waals surface area contributed by atoms with Gasteiger partial charge in [0.05, 0.1) is 6.26 Å². The van der Waals surface area contributed by atoms with Gasteiger partial charge < -0.3 is 14.6 Å². The summed E-state index contributed by atoms with van der Waals surface area (Å²) in [5.74, 6) is 1.95. The van der Waals surface area contributed by atoms with Gasteiger partial charge in [-0.05, 0) is 58.0 Å². The number of furan rings is 1. The Hall–Kier alpha value is -0.800. The molecule has 0 aliphatic carbocycles. The molecule has 1 aliphatic heterocycles. The van der Waals surface area contributed by atoms with Crippen LogP contribution in [0.15, 0.2) is 22.8 Å². The molecule has 0 radical (unpaired) electrons. The van der Waals surface area contributed by atoms with E-state index in [1.807, 2.05) is 6.07 Å². The van der Waals surface area contributed by atoms with Crippen molar-refractivity contribution in [2.45, 2.75) is 32.2 Å². The van der Waals surface area contributed by atoms with Gasteiger partial charge in [0, 0.05) is 19.0 Å². The number of nitrogens with zero attached hydrogens (tertiary/aromatic N) is 1. The molecule has 1 fully saturated rings. The molecular weight excluding hydrogens is 212 g/mol. The van der Waals surface area contributed by atoms with Crippen molar-refractivity contribution in [2.75, 3.05) is 26.7 Å². The van der Waals surface area contributed by atoms with Gasteiger partial charge in [0.2, 0.25) is 0 Å². The molecule has 0 amide bonds. The molecule has 17 heavy (non-hydrogen) atoms. The third-order valence-electron chi connectivity index (χ3n) is 3.83. The molecule has 1 aliphatic rings. The highest BCUT2D eigenvalue weighted by Crippen LogP contribution is 2.15. The van der Waals surface area contributed by atoms with Gasteiger partial charge >= 0.3 is 0 Å². The van der Waals surface area contributed by atoms with E-state index in [4.69, 9.17) is 4.42 Å². The molecule has 0 aromatic carbocycles. The van der Waals surface area contributed by atoms with E-state index < -0.39 is 0 Å². The highest BCUT2D eigenvalue weighted by molar-refractivity contribution is 5.00. The van der Waals surface area contributed by atoms with Crippen molar-refractivity contribution in [2.24, 2.45) is 5.92 Å². The lowest BCUT2D eigenvalue weighted by atomic mass is 9.97. The molecule has 3 nitrogen and oxygen atoms in total. The first-order chi connectivity index (χ1) is 8.25. The van der Waals surface area contributed by atoms with Crippen molar-refractivity contribution in [1.82, 2.24) is 10.2 Å². The summed E-state index contributed by atoms with van der Waals surface area (Å²) in [5, 5.41) is 3.42. The summed E-state index contributed by atoms with van der Waals surface area (Å²) in [6.45, 7) is 5.86. The van der Waals surface area contributed by atoms with E-state index in [1.165, 1.54) is 32.5 Å². The van der Waals surface area contributed by atoms with Crippen LogP contribution in [-0.2, 0) is 6.42 Å². The molecule has 96 valence electrons. The van der Waals surface area contributed by atoms with Gasteiger partial charge in [-0.15, -0.1) is 0 Å². The predicted octanol–water partition coefficient (Wildman–Crippen LogP) is 2.14. The molecular formula is C14H24N2O. The van der Waals surface area contributed by atoms with Gasteiger partial charge in [-0.1, -0.05) is 0 Å². The Morgan fingerprint density at radius 2 is 2.24 bits per heavy atom. The van der Waals surface area contributed by atoms with Crippen LogP contribution in [0.25, 0.3) is 0 Å². The van der Waals surface area contributed by atoms with E-state index in [0.717, 1.165) is 18.1 Å². The molecule has 2 heterocycles. The summed E-state index contributed by atoms with van der Waals surface area (Å²) in [6.07, 6.45) is 5.40. The Morgan fingerprint density at radius 1 is 1.47 bits per heavy atom. The number of likely N-dealkylation sites (N-methyl/N-ethyl adjacent to an activating group) is 1. The highest BCUT2D eigenvalue weighted by atomic mass is 16.3.